The van der Waals surface area contributed by atoms with Gasteiger partial charge in [-0.05, 0) is 30.2 Å². The number of ether oxygens (including phenoxy) is 4. The van der Waals surface area contributed by atoms with E-state index in [1.165, 1.54) is 43.5 Å². The summed E-state index contributed by atoms with van der Waals surface area (Å²) in [7, 11) is -2.57. The zero-order chi connectivity index (χ0) is 24.2. The van der Waals surface area contributed by atoms with Gasteiger partial charge in [-0.25, -0.2) is 8.42 Å². The predicted molar refractivity (Wildman–Crippen MR) is 115 cm³/mol. The summed E-state index contributed by atoms with van der Waals surface area (Å²) in [5.74, 6) is -0.426. The minimum absolute atomic E-state index is 0.0390. The van der Waals surface area contributed by atoms with Crippen LogP contribution in [0.5, 0.6) is 11.5 Å². The van der Waals surface area contributed by atoms with Crippen molar-refractivity contribution in [3.05, 3.63) is 57.6 Å². The highest BCUT2D eigenvalue weighted by molar-refractivity contribution is 7.89. The lowest BCUT2D eigenvalue weighted by Gasteiger charge is -2.23. The van der Waals surface area contributed by atoms with Crippen LogP contribution in [0.1, 0.15) is 25.0 Å². The summed E-state index contributed by atoms with van der Waals surface area (Å²) in [6.07, 6.45) is 0. The average molecular weight is 480 g/mol. The summed E-state index contributed by atoms with van der Waals surface area (Å²) in [6, 6.07) is 7.11. The second-order valence-electron chi connectivity index (χ2n) is 7.59. The molecule has 0 saturated carbocycles. The Balaban J connectivity index is 1.77. The number of carbonyl (C=O) groups excluding carboxylic acids is 1. The lowest BCUT2D eigenvalue weighted by atomic mass is 10.1. The molecule has 0 amide bonds. The first-order chi connectivity index (χ1) is 15.6. The molecule has 33 heavy (non-hydrogen) atoms. The number of fused-ring (bicyclic) bond motifs is 1. The van der Waals surface area contributed by atoms with Crippen molar-refractivity contribution in [2.75, 3.05) is 13.9 Å². The van der Waals surface area contributed by atoms with Crippen molar-refractivity contribution >= 4 is 21.7 Å². The molecule has 1 aliphatic rings. The summed E-state index contributed by atoms with van der Waals surface area (Å²) in [6.45, 7) is 3.07. The molecule has 2 aromatic rings. The monoisotopic (exact) mass is 480 g/mol. The van der Waals surface area contributed by atoms with Crippen LogP contribution in [-0.4, -0.2) is 39.3 Å². The van der Waals surface area contributed by atoms with Gasteiger partial charge in [0.2, 0.25) is 10.0 Å². The Hall–Kier alpha value is -3.22. The van der Waals surface area contributed by atoms with E-state index in [2.05, 4.69) is 4.72 Å². The fraction of sp³-hybridized carbons (Fsp3) is 0.381. The summed E-state index contributed by atoms with van der Waals surface area (Å²) < 4.78 is 48.9. The number of hydrogen-bond donors (Lipinski definition) is 1. The molecule has 3 rings (SSSR count). The van der Waals surface area contributed by atoms with E-state index in [4.69, 9.17) is 18.9 Å². The maximum Gasteiger partial charge on any atom is 0.324 e. The number of nitro groups is 1. The van der Waals surface area contributed by atoms with Gasteiger partial charge in [0.25, 0.3) is 5.69 Å². The molecule has 1 unspecified atom stereocenters. The molecule has 1 atom stereocenters. The number of nitro benzene ring substituents is 1. The van der Waals surface area contributed by atoms with Gasteiger partial charge in [0.1, 0.15) is 24.1 Å². The van der Waals surface area contributed by atoms with Crippen molar-refractivity contribution in [3.63, 3.8) is 0 Å². The Morgan fingerprint density at radius 1 is 1.24 bits per heavy atom. The third-order valence-corrected chi connectivity index (χ3v) is 6.38. The van der Waals surface area contributed by atoms with Gasteiger partial charge in [0.15, 0.2) is 6.79 Å². The molecule has 0 spiro atoms. The number of methoxy groups -OCH3 is 1. The molecule has 1 heterocycles. The van der Waals surface area contributed by atoms with E-state index in [9.17, 15) is 23.3 Å². The molecule has 0 fully saturated rings. The summed E-state index contributed by atoms with van der Waals surface area (Å²) in [4.78, 5) is 23.4. The van der Waals surface area contributed by atoms with E-state index >= 15 is 0 Å². The highest BCUT2D eigenvalue weighted by Gasteiger charge is 2.30. The molecule has 0 aliphatic carbocycles. The van der Waals surface area contributed by atoms with Crippen molar-refractivity contribution in [2.45, 2.75) is 38.0 Å². The van der Waals surface area contributed by atoms with Gasteiger partial charge in [0.05, 0.1) is 23.5 Å². The van der Waals surface area contributed by atoms with E-state index in [0.717, 1.165) is 0 Å². The van der Waals surface area contributed by atoms with Crippen molar-refractivity contribution in [1.29, 1.82) is 0 Å². The number of nitrogens with zero attached hydrogens (tertiary/aromatic N) is 1. The first-order valence-electron chi connectivity index (χ1n) is 9.96. The second kappa shape index (κ2) is 10.1. The largest absolute Gasteiger partial charge is 0.497 e. The number of hydrogen-bond acceptors (Lipinski definition) is 9. The molecule has 12 heteroatoms. The minimum atomic E-state index is -4.03. The van der Waals surface area contributed by atoms with Gasteiger partial charge in [-0.1, -0.05) is 13.8 Å². The number of nitrogens with one attached hydrogen (secondary N) is 1. The maximum atomic E-state index is 12.8. The lowest BCUT2D eigenvalue weighted by Crippen LogP contribution is -2.45. The molecule has 0 aromatic heterocycles. The molecule has 1 aliphatic heterocycles. The van der Waals surface area contributed by atoms with Crippen LogP contribution < -0.4 is 14.2 Å². The van der Waals surface area contributed by atoms with Crippen LogP contribution in [0.15, 0.2) is 41.3 Å². The zero-order valence-corrected chi connectivity index (χ0v) is 19.1. The SMILES string of the molecule is COc1ccc(S(=O)(=O)NC(C(=O)OCc2cc([N+](=O)[O-])cc3c2OCOC3)C(C)C)cc1. The topological polar surface area (TPSA) is 143 Å². The second-order valence-corrected chi connectivity index (χ2v) is 9.30. The zero-order valence-electron chi connectivity index (χ0n) is 18.3. The van der Waals surface area contributed by atoms with Crippen molar-refractivity contribution in [1.82, 2.24) is 4.72 Å². The highest BCUT2D eigenvalue weighted by Crippen LogP contribution is 2.33. The van der Waals surface area contributed by atoms with Gasteiger partial charge >= 0.3 is 5.97 Å². The molecule has 1 N–H and O–H groups in total. The number of esters is 1. The van der Waals surface area contributed by atoms with E-state index in [1.807, 2.05) is 0 Å². The highest BCUT2D eigenvalue weighted by atomic mass is 32.2. The fourth-order valence-corrected chi connectivity index (χ4v) is 4.51. The van der Waals surface area contributed by atoms with E-state index < -0.39 is 32.9 Å². The normalized spacial score (nSPS) is 14.2. The first-order valence-corrected chi connectivity index (χ1v) is 11.4. The molecular weight excluding hydrogens is 456 g/mol. The maximum absolute atomic E-state index is 12.8. The third-order valence-electron chi connectivity index (χ3n) is 4.92. The van der Waals surface area contributed by atoms with Gasteiger partial charge in [0, 0.05) is 23.3 Å². The van der Waals surface area contributed by atoms with Crippen LogP contribution in [0.2, 0.25) is 0 Å². The Labute approximate surface area is 190 Å². The van der Waals surface area contributed by atoms with Gasteiger partial charge in [-0.2, -0.15) is 4.72 Å². The molecule has 0 bridgehead atoms. The van der Waals surface area contributed by atoms with Gasteiger partial charge in [-0.15, -0.1) is 0 Å². The standard InChI is InChI=1S/C21H24N2O9S/c1-13(2)19(22-33(27,28)18-6-4-17(29-3)5-7-18)21(24)31-11-15-9-16(23(25)26)8-14-10-30-12-32-20(14)15/h4-9,13,19,22H,10-12H2,1-3H3. The predicted octanol–water partition coefficient (Wildman–Crippen LogP) is 2.52. The number of sulfonamides is 1. The van der Waals surface area contributed by atoms with Gasteiger partial charge < -0.3 is 18.9 Å². The molecular formula is C21H24N2O9S. The van der Waals surface area contributed by atoms with Crippen LogP contribution in [-0.2, 0) is 37.5 Å². The van der Waals surface area contributed by atoms with Gasteiger partial charge in [-0.3, -0.25) is 14.9 Å². The molecule has 2 aromatic carbocycles. The summed E-state index contributed by atoms with van der Waals surface area (Å²) in [5, 5.41) is 11.2. The fourth-order valence-electron chi connectivity index (χ4n) is 3.18. The van der Waals surface area contributed by atoms with Crippen molar-refractivity contribution in [3.8, 4) is 11.5 Å². The number of benzene rings is 2. The van der Waals surface area contributed by atoms with Crippen LogP contribution in [0.4, 0.5) is 5.69 Å². The summed E-state index contributed by atoms with van der Waals surface area (Å²) >= 11 is 0. The Bertz CT molecular complexity index is 1130. The number of rotatable bonds is 9. The molecule has 178 valence electrons. The van der Waals surface area contributed by atoms with Crippen molar-refractivity contribution in [2.24, 2.45) is 5.92 Å². The molecule has 0 radical (unpaired) electrons. The average Bonchev–Trinajstić information content (AvgIpc) is 2.80. The van der Waals surface area contributed by atoms with E-state index in [0.29, 0.717) is 17.1 Å². The molecule has 11 nitrogen and oxygen atoms in total. The Morgan fingerprint density at radius 2 is 1.94 bits per heavy atom. The van der Waals surface area contributed by atoms with Crippen LogP contribution in [0.25, 0.3) is 0 Å². The van der Waals surface area contributed by atoms with Crippen LogP contribution >= 0.6 is 0 Å². The van der Waals surface area contributed by atoms with Crippen LogP contribution in [0, 0.1) is 16.0 Å². The smallest absolute Gasteiger partial charge is 0.324 e. The van der Waals surface area contributed by atoms with Crippen LogP contribution in [0.3, 0.4) is 0 Å². The van der Waals surface area contributed by atoms with Crippen molar-refractivity contribution < 1.29 is 37.1 Å². The number of carbonyl (C=O) groups is 1. The number of non-ortho nitro benzene ring substituents is 1. The lowest BCUT2D eigenvalue weighted by molar-refractivity contribution is -0.385. The molecule has 0 saturated heterocycles. The first kappa shape index (κ1) is 24.4. The van der Waals surface area contributed by atoms with E-state index in [-0.39, 0.29) is 36.2 Å². The third kappa shape index (κ3) is 5.78. The quantitative estimate of drug-likeness (QED) is 0.325. The Kier molecular flexibility index (Phi) is 7.51. The Morgan fingerprint density at radius 3 is 2.55 bits per heavy atom. The van der Waals surface area contributed by atoms with E-state index in [1.54, 1.807) is 13.8 Å². The summed E-state index contributed by atoms with van der Waals surface area (Å²) in [5.41, 5.74) is 0.549. The minimum Gasteiger partial charge on any atom is -0.497 e.